The van der Waals surface area contributed by atoms with Crippen molar-refractivity contribution in [3.63, 3.8) is 0 Å². The zero-order valence-corrected chi connectivity index (χ0v) is 12.1. The summed E-state index contributed by atoms with van der Waals surface area (Å²) in [6.45, 7) is 2.30. The number of ether oxygens (including phenoxy) is 1. The number of hydrogen-bond donors (Lipinski definition) is 3. The highest BCUT2D eigenvalue weighted by molar-refractivity contribution is 6.39. The van der Waals surface area contributed by atoms with Gasteiger partial charge in [-0.05, 0) is 30.7 Å². The number of nitrogens with one attached hydrogen (secondary N) is 3. The third kappa shape index (κ3) is 6.53. The van der Waals surface area contributed by atoms with Crippen LogP contribution in [0.25, 0.3) is 0 Å². The van der Waals surface area contributed by atoms with Crippen LogP contribution in [0.5, 0.6) is 0 Å². The summed E-state index contributed by atoms with van der Waals surface area (Å²) in [5, 5.41) is 7.56. The number of carbonyl (C=O) groups is 3. The summed E-state index contributed by atoms with van der Waals surface area (Å²) in [6, 6.07) is 6.46. The van der Waals surface area contributed by atoms with Gasteiger partial charge in [-0.1, -0.05) is 0 Å². The summed E-state index contributed by atoms with van der Waals surface area (Å²) < 4.78 is 4.84. The Kier molecular flexibility index (Phi) is 6.90. The quantitative estimate of drug-likeness (QED) is 0.532. The summed E-state index contributed by atoms with van der Waals surface area (Å²) in [4.78, 5) is 34.0. The number of rotatable bonds is 6. The Morgan fingerprint density at radius 2 is 1.57 bits per heavy atom. The number of carbonyl (C=O) groups excluding carboxylic acids is 3. The summed E-state index contributed by atoms with van der Waals surface area (Å²) in [5.41, 5.74) is 1.09. The van der Waals surface area contributed by atoms with Gasteiger partial charge in [-0.2, -0.15) is 0 Å². The lowest BCUT2D eigenvalue weighted by molar-refractivity contribution is -0.136. The lowest BCUT2D eigenvalue weighted by Crippen LogP contribution is -2.36. The van der Waals surface area contributed by atoms with Crippen LogP contribution >= 0.6 is 0 Å². The monoisotopic (exact) mass is 293 g/mol. The van der Waals surface area contributed by atoms with E-state index < -0.39 is 11.8 Å². The van der Waals surface area contributed by atoms with E-state index in [1.807, 2.05) is 0 Å². The molecule has 0 aliphatic carbocycles. The van der Waals surface area contributed by atoms with Gasteiger partial charge < -0.3 is 20.7 Å². The molecule has 1 aromatic carbocycles. The summed E-state index contributed by atoms with van der Waals surface area (Å²) in [6.07, 6.45) is 0.640. The van der Waals surface area contributed by atoms with Gasteiger partial charge in [0.15, 0.2) is 0 Å². The minimum Gasteiger partial charge on any atom is -0.385 e. The molecule has 0 atom stereocenters. The van der Waals surface area contributed by atoms with Gasteiger partial charge in [0.2, 0.25) is 5.91 Å². The molecule has 0 spiro atoms. The van der Waals surface area contributed by atoms with Gasteiger partial charge in [-0.15, -0.1) is 0 Å². The van der Waals surface area contributed by atoms with Crippen molar-refractivity contribution < 1.29 is 19.1 Å². The predicted octanol–water partition coefficient (Wildman–Crippen LogP) is 0.736. The Hall–Kier alpha value is -2.41. The number of amides is 3. The number of benzene rings is 1. The summed E-state index contributed by atoms with van der Waals surface area (Å²) in [7, 11) is 1.57. The van der Waals surface area contributed by atoms with Crippen molar-refractivity contribution in [1.82, 2.24) is 5.32 Å². The zero-order chi connectivity index (χ0) is 15.7. The molecule has 21 heavy (non-hydrogen) atoms. The molecule has 0 saturated carbocycles. The van der Waals surface area contributed by atoms with E-state index in [2.05, 4.69) is 16.0 Å². The van der Waals surface area contributed by atoms with Crippen LogP contribution in [-0.4, -0.2) is 38.0 Å². The van der Waals surface area contributed by atoms with Crippen LogP contribution in [0.1, 0.15) is 13.3 Å². The molecule has 0 saturated heterocycles. The second kappa shape index (κ2) is 8.70. The Morgan fingerprint density at radius 3 is 2.10 bits per heavy atom. The van der Waals surface area contributed by atoms with E-state index in [9.17, 15) is 14.4 Å². The SMILES string of the molecule is COCCCNC(=O)C(=O)Nc1ccc(NC(C)=O)cc1. The molecule has 1 rings (SSSR count). The molecule has 0 aliphatic rings. The molecule has 3 N–H and O–H groups in total. The smallest absolute Gasteiger partial charge is 0.313 e. The predicted molar refractivity (Wildman–Crippen MR) is 78.9 cm³/mol. The topological polar surface area (TPSA) is 96.5 Å². The van der Waals surface area contributed by atoms with Crippen LogP contribution < -0.4 is 16.0 Å². The van der Waals surface area contributed by atoms with Crippen molar-refractivity contribution in [2.24, 2.45) is 0 Å². The van der Waals surface area contributed by atoms with Crippen LogP contribution in [0.4, 0.5) is 11.4 Å². The van der Waals surface area contributed by atoms with Crippen LogP contribution in [0.15, 0.2) is 24.3 Å². The van der Waals surface area contributed by atoms with Gasteiger partial charge >= 0.3 is 11.8 Å². The fourth-order valence-corrected chi connectivity index (χ4v) is 1.53. The molecule has 0 fully saturated rings. The first-order valence-electron chi connectivity index (χ1n) is 6.48. The first-order valence-corrected chi connectivity index (χ1v) is 6.48. The van der Waals surface area contributed by atoms with E-state index in [4.69, 9.17) is 4.74 Å². The minimum atomic E-state index is -0.736. The third-order valence-electron chi connectivity index (χ3n) is 2.48. The summed E-state index contributed by atoms with van der Waals surface area (Å²) >= 11 is 0. The molecule has 1 aromatic rings. The lowest BCUT2D eigenvalue weighted by atomic mass is 10.2. The molecule has 0 aromatic heterocycles. The highest BCUT2D eigenvalue weighted by Gasteiger charge is 2.12. The second-order valence-electron chi connectivity index (χ2n) is 4.31. The standard InChI is InChI=1S/C14H19N3O4/c1-10(18)16-11-4-6-12(7-5-11)17-14(20)13(19)15-8-3-9-21-2/h4-7H,3,8-9H2,1-2H3,(H,15,19)(H,16,18)(H,17,20). The minimum absolute atomic E-state index is 0.178. The number of methoxy groups -OCH3 is 1. The molecular formula is C14H19N3O4. The molecule has 0 radical (unpaired) electrons. The average Bonchev–Trinajstić information content (AvgIpc) is 2.45. The summed E-state index contributed by atoms with van der Waals surface area (Å²) in [5.74, 6) is -1.61. The highest BCUT2D eigenvalue weighted by atomic mass is 16.5. The molecule has 0 heterocycles. The molecule has 114 valence electrons. The molecule has 0 aliphatic heterocycles. The second-order valence-corrected chi connectivity index (χ2v) is 4.31. The molecule has 3 amide bonds. The van der Waals surface area contributed by atoms with Crippen LogP contribution in [-0.2, 0) is 19.1 Å². The van der Waals surface area contributed by atoms with Crippen molar-refractivity contribution >= 4 is 29.1 Å². The largest absolute Gasteiger partial charge is 0.385 e. The average molecular weight is 293 g/mol. The van der Waals surface area contributed by atoms with Crippen molar-refractivity contribution in [1.29, 1.82) is 0 Å². The first kappa shape index (κ1) is 16.6. The van der Waals surface area contributed by atoms with Crippen molar-refractivity contribution in [2.45, 2.75) is 13.3 Å². The highest BCUT2D eigenvalue weighted by Crippen LogP contribution is 2.13. The van der Waals surface area contributed by atoms with Crippen molar-refractivity contribution in [3.8, 4) is 0 Å². The molecule has 0 unspecified atom stereocenters. The van der Waals surface area contributed by atoms with E-state index in [1.165, 1.54) is 6.92 Å². The van der Waals surface area contributed by atoms with Crippen LogP contribution in [0, 0.1) is 0 Å². The van der Waals surface area contributed by atoms with Gasteiger partial charge in [-0.25, -0.2) is 0 Å². The Bertz CT molecular complexity index is 499. The Morgan fingerprint density at radius 1 is 1.00 bits per heavy atom. The zero-order valence-electron chi connectivity index (χ0n) is 12.1. The van der Waals surface area contributed by atoms with E-state index >= 15 is 0 Å². The molecule has 7 nitrogen and oxygen atoms in total. The fourth-order valence-electron chi connectivity index (χ4n) is 1.53. The fraction of sp³-hybridized carbons (Fsp3) is 0.357. The van der Waals surface area contributed by atoms with E-state index in [1.54, 1.807) is 31.4 Å². The number of anilines is 2. The Balaban J connectivity index is 2.43. The molecule has 7 heteroatoms. The maximum absolute atomic E-state index is 11.6. The molecule has 0 bridgehead atoms. The van der Waals surface area contributed by atoms with Gasteiger partial charge in [0.05, 0.1) is 0 Å². The lowest BCUT2D eigenvalue weighted by Gasteiger charge is -2.07. The maximum Gasteiger partial charge on any atom is 0.313 e. The van der Waals surface area contributed by atoms with Gasteiger partial charge in [0.25, 0.3) is 0 Å². The normalized spacial score (nSPS) is 9.81. The van der Waals surface area contributed by atoms with E-state index in [0.717, 1.165) is 0 Å². The van der Waals surface area contributed by atoms with Crippen molar-refractivity contribution in [2.75, 3.05) is 30.9 Å². The van der Waals surface area contributed by atoms with Crippen LogP contribution in [0.3, 0.4) is 0 Å². The van der Waals surface area contributed by atoms with Gasteiger partial charge in [-0.3, -0.25) is 14.4 Å². The Labute approximate surface area is 123 Å². The first-order chi connectivity index (χ1) is 10.0. The number of hydrogen-bond acceptors (Lipinski definition) is 4. The van der Waals surface area contributed by atoms with Gasteiger partial charge in [0, 0.05) is 38.6 Å². The maximum atomic E-state index is 11.6. The van der Waals surface area contributed by atoms with Gasteiger partial charge in [0.1, 0.15) is 0 Å². The van der Waals surface area contributed by atoms with Crippen LogP contribution in [0.2, 0.25) is 0 Å². The van der Waals surface area contributed by atoms with E-state index in [0.29, 0.717) is 30.9 Å². The van der Waals surface area contributed by atoms with E-state index in [-0.39, 0.29) is 5.91 Å². The molecular weight excluding hydrogens is 274 g/mol. The van der Waals surface area contributed by atoms with Crippen molar-refractivity contribution in [3.05, 3.63) is 24.3 Å². The third-order valence-corrected chi connectivity index (χ3v) is 2.48.